The highest BCUT2D eigenvalue weighted by Crippen LogP contribution is 2.11. The van der Waals surface area contributed by atoms with E-state index in [-0.39, 0.29) is 58.4 Å². The number of urea groups is 1. The van der Waals surface area contributed by atoms with Crippen LogP contribution in [-0.4, -0.2) is 154 Å². The SMILES string of the molecule is C=CC(=O)OCCOC(=O)N(CCCCCCNC(=O)N(CCCCCCNC(=O)ON(CC)CC)C(=O)OCCOC(=O)C=C)C(=O)CCCCCCCNC(=O)ON(CC)CC. The van der Waals surface area contributed by atoms with E-state index in [4.69, 9.17) is 28.6 Å². The third-order valence-electron chi connectivity index (χ3n) is 9.26. The topological polar surface area (TPSA) is 241 Å². The quantitative estimate of drug-likeness (QED) is 0.0215. The lowest BCUT2D eigenvalue weighted by Crippen LogP contribution is -2.45. The first-order valence-corrected chi connectivity index (χ1v) is 22.6. The van der Waals surface area contributed by atoms with E-state index in [0.29, 0.717) is 90.6 Å². The first kappa shape index (κ1) is 58.6. The van der Waals surface area contributed by atoms with E-state index in [9.17, 15) is 38.4 Å². The largest absolute Gasteiger partial charge is 0.459 e. The molecule has 0 fully saturated rings. The first-order chi connectivity index (χ1) is 30.9. The number of carbonyl (C=O) groups is 8. The van der Waals surface area contributed by atoms with Crippen LogP contribution in [0, 0.1) is 0 Å². The predicted molar refractivity (Wildman–Crippen MR) is 236 cm³/mol. The monoisotopic (exact) mass is 914 g/mol. The molecule has 7 amide bonds. The van der Waals surface area contributed by atoms with E-state index in [1.54, 1.807) is 5.06 Å². The zero-order valence-corrected chi connectivity index (χ0v) is 38.7. The molecule has 64 heavy (non-hydrogen) atoms. The molecule has 0 radical (unpaired) electrons. The van der Waals surface area contributed by atoms with Crippen LogP contribution in [0.5, 0.6) is 0 Å². The number of nitrogens with zero attached hydrogens (tertiary/aromatic N) is 4. The highest BCUT2D eigenvalue weighted by atomic mass is 16.7. The number of nitrogens with one attached hydrogen (secondary N) is 3. The smallest absolute Gasteiger partial charge is 0.426 e. The molecule has 0 aliphatic carbocycles. The lowest BCUT2D eigenvalue weighted by molar-refractivity contribution is -0.139. The molecule has 0 saturated heterocycles. The Hall–Kier alpha value is -5.44. The van der Waals surface area contributed by atoms with Crippen LogP contribution in [0.2, 0.25) is 0 Å². The second-order valence-corrected chi connectivity index (χ2v) is 14.1. The molecule has 0 aromatic carbocycles. The van der Waals surface area contributed by atoms with E-state index >= 15 is 0 Å². The third-order valence-corrected chi connectivity index (χ3v) is 9.26. The van der Waals surface area contributed by atoms with Gasteiger partial charge in [-0.25, -0.2) is 43.4 Å². The molecule has 366 valence electrons. The maximum atomic E-state index is 13.1. The minimum absolute atomic E-state index is 0.0676. The summed E-state index contributed by atoms with van der Waals surface area (Å²) in [6, 6.07) is -0.653. The van der Waals surface area contributed by atoms with E-state index < -0.39 is 42.3 Å². The number of hydrogen-bond acceptors (Lipinski definition) is 16. The van der Waals surface area contributed by atoms with Gasteiger partial charge in [0.1, 0.15) is 26.4 Å². The standard InChI is InChI=1S/C43H75N7O14/c1-7-37(52)59-32-34-61-42(57)49(36(51)26-20-14-13-15-22-28-45-40(55)63-47(9-3)10-4)30-24-18-16-21-27-44-39(54)50(43(58)62-35-33-60-38(53)8-2)31-25-19-17-23-29-46-41(56)64-48(11-5)12-6/h7-8H,1-2,9-35H2,3-6H3,(H,44,54)(H,45,55)(H,46,56). The number of esters is 2. The lowest BCUT2D eigenvalue weighted by Gasteiger charge is -2.21. The molecule has 3 N–H and O–H groups in total. The summed E-state index contributed by atoms with van der Waals surface area (Å²) in [5, 5.41) is 11.2. The molecule has 21 nitrogen and oxygen atoms in total. The molecule has 21 heteroatoms. The number of amides is 7. The average Bonchev–Trinajstić information content (AvgIpc) is 3.29. The van der Waals surface area contributed by atoms with Crippen molar-refractivity contribution in [3.8, 4) is 0 Å². The Balaban J connectivity index is 4.94. The van der Waals surface area contributed by atoms with Crippen molar-refractivity contribution in [3.05, 3.63) is 25.3 Å². The van der Waals surface area contributed by atoms with Crippen molar-refractivity contribution in [1.29, 1.82) is 0 Å². The fourth-order valence-corrected chi connectivity index (χ4v) is 5.65. The third kappa shape index (κ3) is 30.6. The van der Waals surface area contributed by atoms with Gasteiger partial charge >= 0.3 is 42.3 Å². The van der Waals surface area contributed by atoms with Gasteiger partial charge in [0.15, 0.2) is 0 Å². The van der Waals surface area contributed by atoms with Crippen molar-refractivity contribution in [2.24, 2.45) is 0 Å². The van der Waals surface area contributed by atoms with Gasteiger partial charge in [-0.1, -0.05) is 58.1 Å². The van der Waals surface area contributed by atoms with Gasteiger partial charge in [0.05, 0.1) is 0 Å². The van der Waals surface area contributed by atoms with Gasteiger partial charge in [-0.2, -0.15) is 0 Å². The average molecular weight is 914 g/mol. The minimum atomic E-state index is -0.897. The van der Waals surface area contributed by atoms with E-state index in [2.05, 4.69) is 29.1 Å². The van der Waals surface area contributed by atoms with Crippen LogP contribution in [0.3, 0.4) is 0 Å². The molecule has 0 spiro atoms. The summed E-state index contributed by atoms with van der Waals surface area (Å²) in [5.74, 6) is -1.73. The molecule has 0 aromatic rings. The maximum absolute atomic E-state index is 13.1. The molecule has 0 aromatic heterocycles. The summed E-state index contributed by atoms with van der Waals surface area (Å²) in [7, 11) is 0. The Bertz CT molecular complexity index is 1390. The number of carbonyl (C=O) groups excluding carboxylic acids is 8. The summed E-state index contributed by atoms with van der Waals surface area (Å²) in [4.78, 5) is 111. The molecule has 0 unspecified atom stereocenters. The first-order valence-electron chi connectivity index (χ1n) is 22.6. The van der Waals surface area contributed by atoms with Crippen LogP contribution < -0.4 is 16.0 Å². The van der Waals surface area contributed by atoms with Crippen molar-refractivity contribution >= 4 is 48.2 Å². The van der Waals surface area contributed by atoms with Crippen LogP contribution in [0.15, 0.2) is 25.3 Å². The number of ether oxygens (including phenoxy) is 4. The molecular formula is C43H75N7O14. The van der Waals surface area contributed by atoms with Gasteiger partial charge in [0.2, 0.25) is 5.91 Å². The zero-order chi connectivity index (χ0) is 47.8. The normalized spacial score (nSPS) is 10.6. The summed E-state index contributed by atoms with van der Waals surface area (Å²) >= 11 is 0. The molecule has 0 bridgehead atoms. The van der Waals surface area contributed by atoms with Crippen molar-refractivity contribution in [1.82, 2.24) is 35.9 Å². The van der Waals surface area contributed by atoms with Gasteiger partial charge < -0.3 is 44.6 Å². The maximum Gasteiger partial charge on any atom is 0.426 e. The predicted octanol–water partition coefficient (Wildman–Crippen LogP) is 5.99. The Kier molecular flexibility index (Phi) is 35.8. The summed E-state index contributed by atoms with van der Waals surface area (Å²) in [5.41, 5.74) is 0. The fourth-order valence-electron chi connectivity index (χ4n) is 5.65. The van der Waals surface area contributed by atoms with Gasteiger partial charge in [0, 0.05) is 77.5 Å². The van der Waals surface area contributed by atoms with Crippen LogP contribution in [0.4, 0.5) is 24.0 Å². The van der Waals surface area contributed by atoms with Crippen molar-refractivity contribution in [3.63, 3.8) is 0 Å². The van der Waals surface area contributed by atoms with Crippen LogP contribution >= 0.6 is 0 Å². The Morgan fingerprint density at radius 3 is 1.25 bits per heavy atom. The van der Waals surface area contributed by atoms with Gasteiger partial charge in [-0.15, -0.1) is 10.1 Å². The van der Waals surface area contributed by atoms with Crippen molar-refractivity contribution in [2.45, 2.75) is 118 Å². The van der Waals surface area contributed by atoms with E-state index in [0.717, 1.165) is 54.1 Å². The molecule has 0 heterocycles. The van der Waals surface area contributed by atoms with E-state index in [1.165, 1.54) is 5.06 Å². The van der Waals surface area contributed by atoms with Crippen LogP contribution in [0.25, 0.3) is 0 Å². The lowest BCUT2D eigenvalue weighted by atomic mass is 10.1. The molecule has 0 aliphatic rings. The molecule has 0 atom stereocenters. The van der Waals surface area contributed by atoms with Gasteiger partial charge in [0.25, 0.3) is 0 Å². The highest BCUT2D eigenvalue weighted by molar-refractivity contribution is 5.92. The number of unbranched alkanes of at least 4 members (excludes halogenated alkanes) is 10. The molecular weight excluding hydrogens is 839 g/mol. The number of hydroxylamine groups is 4. The zero-order valence-electron chi connectivity index (χ0n) is 38.7. The summed E-state index contributed by atoms with van der Waals surface area (Å²) in [6.45, 7) is 16.9. The Morgan fingerprint density at radius 1 is 0.453 bits per heavy atom. The van der Waals surface area contributed by atoms with Crippen LogP contribution in [0.1, 0.15) is 118 Å². The number of imide groups is 2. The molecule has 0 rings (SSSR count). The van der Waals surface area contributed by atoms with Crippen molar-refractivity contribution in [2.75, 3.05) is 85.3 Å². The molecule has 0 saturated carbocycles. The Morgan fingerprint density at radius 2 is 0.812 bits per heavy atom. The summed E-state index contributed by atoms with van der Waals surface area (Å²) < 4.78 is 20.1. The highest BCUT2D eigenvalue weighted by Gasteiger charge is 2.24. The summed E-state index contributed by atoms with van der Waals surface area (Å²) in [6.07, 6.45) is 7.82. The second kappa shape index (κ2) is 39.2. The van der Waals surface area contributed by atoms with Crippen molar-refractivity contribution < 1.29 is 67.0 Å². The fraction of sp³-hybridized carbons (Fsp3) is 0.721. The number of rotatable bonds is 36. The second-order valence-electron chi connectivity index (χ2n) is 14.1. The van der Waals surface area contributed by atoms with Gasteiger partial charge in [-0.3, -0.25) is 4.79 Å². The van der Waals surface area contributed by atoms with E-state index in [1.807, 2.05) is 27.7 Å². The van der Waals surface area contributed by atoms with Gasteiger partial charge in [-0.05, 0) is 66.2 Å². The van der Waals surface area contributed by atoms with Crippen LogP contribution in [-0.2, 0) is 43.0 Å². The minimum Gasteiger partial charge on any atom is -0.459 e. The molecule has 0 aliphatic heterocycles. The Labute approximate surface area is 378 Å². The number of hydrogen-bond donors (Lipinski definition) is 3.